The maximum atomic E-state index is 11.4. The first-order chi connectivity index (χ1) is 6.45. The van der Waals surface area contributed by atoms with Gasteiger partial charge in [0.25, 0.3) is 11.8 Å². The van der Waals surface area contributed by atoms with Gasteiger partial charge in [0.05, 0.1) is 0 Å². The molecule has 78 valence electrons. The monoisotopic (exact) mass is 235 g/mol. The van der Waals surface area contributed by atoms with Gasteiger partial charge in [-0.05, 0) is 12.3 Å². The zero-order chi connectivity index (χ0) is 10.9. The van der Waals surface area contributed by atoms with Crippen molar-refractivity contribution < 1.29 is 9.59 Å². The van der Waals surface area contributed by atoms with E-state index in [0.717, 1.165) is 11.3 Å². The first kappa shape index (κ1) is 11.5. The third-order valence-electron chi connectivity index (χ3n) is 1.99. The number of amides is 2. The van der Waals surface area contributed by atoms with Crippen LogP contribution in [0, 0.1) is 5.92 Å². The Labute approximate surface area is 92.7 Å². The fraction of sp³-hybridized carbons (Fsp3) is 0.556. The molecule has 0 saturated carbocycles. The smallest absolute Gasteiger partial charge is 0.273 e. The minimum absolute atomic E-state index is 0.166. The first-order valence-corrected chi connectivity index (χ1v) is 5.12. The molecule has 0 aliphatic carbocycles. The van der Waals surface area contributed by atoms with Crippen molar-refractivity contribution in [3.05, 3.63) is 10.1 Å². The van der Waals surface area contributed by atoms with E-state index >= 15 is 0 Å². The van der Waals surface area contributed by atoms with Gasteiger partial charge >= 0.3 is 0 Å². The van der Waals surface area contributed by atoms with Crippen LogP contribution in [0.25, 0.3) is 0 Å². The lowest BCUT2D eigenvalue weighted by Gasteiger charge is -2.14. The molecule has 0 N–H and O–H groups in total. The number of hydrogen-bond acceptors (Lipinski definition) is 2. The van der Waals surface area contributed by atoms with Crippen molar-refractivity contribution in [1.29, 1.82) is 0 Å². The number of carbonyl (C=O) groups is 2. The molecule has 5 heteroatoms. The summed E-state index contributed by atoms with van der Waals surface area (Å²) in [4.78, 5) is 23.8. The molecule has 0 aromatic rings. The van der Waals surface area contributed by atoms with Crippen LogP contribution >= 0.6 is 23.2 Å². The van der Waals surface area contributed by atoms with Crippen LogP contribution < -0.4 is 0 Å². The number of imide groups is 1. The predicted molar refractivity (Wildman–Crippen MR) is 54.9 cm³/mol. The molecular formula is C9H11Cl2NO2. The highest BCUT2D eigenvalue weighted by Crippen LogP contribution is 2.26. The summed E-state index contributed by atoms with van der Waals surface area (Å²) < 4.78 is 0. The van der Waals surface area contributed by atoms with Gasteiger partial charge in [0.1, 0.15) is 10.1 Å². The molecule has 0 aromatic carbocycles. The molecule has 0 aromatic heterocycles. The second kappa shape index (κ2) is 4.32. The van der Waals surface area contributed by atoms with Crippen molar-refractivity contribution in [1.82, 2.24) is 4.90 Å². The van der Waals surface area contributed by atoms with Gasteiger partial charge in [0.2, 0.25) is 0 Å². The highest BCUT2D eigenvalue weighted by Gasteiger charge is 2.36. The molecule has 1 aliphatic rings. The number of halogens is 2. The Bertz CT molecular complexity index is 286. The Morgan fingerprint density at radius 1 is 1.14 bits per heavy atom. The van der Waals surface area contributed by atoms with E-state index in [9.17, 15) is 9.59 Å². The number of rotatable bonds is 3. The second-order valence-electron chi connectivity index (χ2n) is 3.57. The lowest BCUT2D eigenvalue weighted by atomic mass is 10.1. The standard InChI is InChI=1S/C9H11Cl2NO2/c1-5(2)3-4-12-8(13)6(10)7(11)9(12)14/h5H,3-4H2,1-2H3. The first-order valence-electron chi connectivity index (χ1n) is 4.36. The molecule has 0 unspecified atom stereocenters. The summed E-state index contributed by atoms with van der Waals surface area (Å²) >= 11 is 11.1. The molecule has 14 heavy (non-hydrogen) atoms. The second-order valence-corrected chi connectivity index (χ2v) is 4.33. The number of carbonyl (C=O) groups excluding carboxylic acids is 2. The lowest BCUT2D eigenvalue weighted by Crippen LogP contribution is -2.32. The van der Waals surface area contributed by atoms with E-state index < -0.39 is 11.8 Å². The molecule has 1 rings (SSSR count). The molecular weight excluding hydrogens is 225 g/mol. The Morgan fingerprint density at radius 3 is 1.93 bits per heavy atom. The normalized spacial score (nSPS) is 17.6. The maximum Gasteiger partial charge on any atom is 0.274 e. The van der Waals surface area contributed by atoms with Crippen LogP contribution in [-0.4, -0.2) is 23.3 Å². The Balaban J connectivity index is 2.68. The van der Waals surface area contributed by atoms with Crippen LogP contribution in [0.2, 0.25) is 0 Å². The van der Waals surface area contributed by atoms with Gasteiger partial charge in [-0.2, -0.15) is 0 Å². The number of hydrogen-bond donors (Lipinski definition) is 0. The van der Waals surface area contributed by atoms with Crippen LogP contribution in [0.4, 0.5) is 0 Å². The number of nitrogens with zero attached hydrogens (tertiary/aromatic N) is 1. The zero-order valence-electron chi connectivity index (χ0n) is 8.01. The van der Waals surface area contributed by atoms with Crippen LogP contribution in [0.3, 0.4) is 0 Å². The average Bonchev–Trinajstić information content (AvgIpc) is 2.29. The van der Waals surface area contributed by atoms with Gasteiger partial charge in [-0.15, -0.1) is 0 Å². The maximum absolute atomic E-state index is 11.4. The quantitative estimate of drug-likeness (QED) is 0.703. The van der Waals surface area contributed by atoms with E-state index in [4.69, 9.17) is 23.2 Å². The molecule has 1 aliphatic heterocycles. The van der Waals surface area contributed by atoms with Crippen LogP contribution in [0.1, 0.15) is 20.3 Å². The van der Waals surface area contributed by atoms with Crippen LogP contribution in [0.15, 0.2) is 10.1 Å². The summed E-state index contributed by atoms with van der Waals surface area (Å²) in [5.41, 5.74) is 0. The van der Waals surface area contributed by atoms with E-state index in [1.807, 2.05) is 13.8 Å². The lowest BCUT2D eigenvalue weighted by molar-refractivity contribution is -0.137. The third kappa shape index (κ3) is 2.10. The fourth-order valence-electron chi connectivity index (χ4n) is 1.11. The van der Waals surface area contributed by atoms with Crippen molar-refractivity contribution in [3.8, 4) is 0 Å². The zero-order valence-corrected chi connectivity index (χ0v) is 9.52. The van der Waals surface area contributed by atoms with E-state index in [1.54, 1.807) is 0 Å². The molecule has 1 heterocycles. The fourth-order valence-corrected chi connectivity index (χ4v) is 1.47. The summed E-state index contributed by atoms with van der Waals surface area (Å²) in [6.07, 6.45) is 0.756. The Kier molecular flexibility index (Phi) is 3.56. The van der Waals surface area contributed by atoms with E-state index in [0.29, 0.717) is 12.5 Å². The molecule has 0 bridgehead atoms. The molecule has 0 atom stereocenters. The third-order valence-corrected chi connectivity index (χ3v) is 2.79. The van der Waals surface area contributed by atoms with Crippen molar-refractivity contribution in [3.63, 3.8) is 0 Å². The van der Waals surface area contributed by atoms with Crippen molar-refractivity contribution >= 4 is 35.0 Å². The molecule has 0 saturated heterocycles. The minimum Gasteiger partial charge on any atom is -0.273 e. The van der Waals surface area contributed by atoms with E-state index in [-0.39, 0.29) is 10.1 Å². The minimum atomic E-state index is -0.484. The van der Waals surface area contributed by atoms with Crippen molar-refractivity contribution in [2.75, 3.05) is 6.54 Å². The highest BCUT2D eigenvalue weighted by molar-refractivity contribution is 6.58. The molecule has 0 radical (unpaired) electrons. The summed E-state index contributed by atoms with van der Waals surface area (Å²) in [5.74, 6) is -0.543. The summed E-state index contributed by atoms with van der Waals surface area (Å²) in [6, 6.07) is 0. The summed E-state index contributed by atoms with van der Waals surface area (Å²) in [5, 5.41) is -0.333. The average molecular weight is 236 g/mol. The molecule has 0 spiro atoms. The largest absolute Gasteiger partial charge is 0.274 e. The summed E-state index contributed by atoms with van der Waals surface area (Å²) in [7, 11) is 0. The Morgan fingerprint density at radius 2 is 1.57 bits per heavy atom. The van der Waals surface area contributed by atoms with E-state index in [1.165, 1.54) is 0 Å². The van der Waals surface area contributed by atoms with Gasteiger partial charge in [0, 0.05) is 6.54 Å². The highest BCUT2D eigenvalue weighted by atomic mass is 35.5. The van der Waals surface area contributed by atoms with E-state index in [2.05, 4.69) is 0 Å². The van der Waals surface area contributed by atoms with Gasteiger partial charge in [-0.1, -0.05) is 37.0 Å². The Hall–Kier alpha value is -0.540. The van der Waals surface area contributed by atoms with Crippen molar-refractivity contribution in [2.24, 2.45) is 5.92 Å². The molecule has 2 amide bonds. The molecule has 0 fully saturated rings. The van der Waals surface area contributed by atoms with Crippen LogP contribution in [-0.2, 0) is 9.59 Å². The van der Waals surface area contributed by atoms with Gasteiger partial charge < -0.3 is 0 Å². The van der Waals surface area contributed by atoms with Gasteiger partial charge in [0.15, 0.2) is 0 Å². The summed E-state index contributed by atoms with van der Waals surface area (Å²) in [6.45, 7) is 4.41. The predicted octanol–water partition coefficient (Wildman–Crippen LogP) is 2.09. The SMILES string of the molecule is CC(C)CCN1C(=O)C(Cl)=C(Cl)C1=O. The molecule has 3 nitrogen and oxygen atoms in total. The van der Waals surface area contributed by atoms with Crippen LogP contribution in [0.5, 0.6) is 0 Å². The van der Waals surface area contributed by atoms with Gasteiger partial charge in [-0.3, -0.25) is 14.5 Å². The van der Waals surface area contributed by atoms with Gasteiger partial charge in [-0.25, -0.2) is 0 Å². The van der Waals surface area contributed by atoms with Crippen molar-refractivity contribution in [2.45, 2.75) is 20.3 Å². The topological polar surface area (TPSA) is 37.4 Å².